The molecule has 27 heavy (non-hydrogen) atoms. The Hall–Kier alpha value is -2.34. The van der Waals surface area contributed by atoms with E-state index in [0.29, 0.717) is 30.8 Å². The lowest BCUT2D eigenvalue weighted by Gasteiger charge is -2.37. The zero-order valence-corrected chi connectivity index (χ0v) is 17.2. The number of hydrogen-bond donors (Lipinski definition) is 2. The predicted octanol–water partition coefficient (Wildman–Crippen LogP) is 1.90. The lowest BCUT2D eigenvalue weighted by atomic mass is 9.94. The maximum absolute atomic E-state index is 12.9. The number of ether oxygens (including phenoxy) is 1. The van der Waals surface area contributed by atoms with Crippen LogP contribution in [0.2, 0.25) is 0 Å². The number of carbonyl (C=O) groups is 2. The van der Waals surface area contributed by atoms with Crippen LogP contribution >= 0.6 is 0 Å². The van der Waals surface area contributed by atoms with Crippen LogP contribution in [0.1, 0.15) is 46.2 Å². The standard InChI is InChI=1S/C21H31N3O3/c1-7-27-20(25)18-17(13-24(14(2)3)15(4)5)23(6)21(26)22-19(18)16-11-9-8-10-12-16/h8-12,14-15,19H,7,13H2,1-6H3,(H,22,26)/p+1/t19-/m0/s1. The van der Waals surface area contributed by atoms with Crippen molar-refractivity contribution in [3.63, 3.8) is 0 Å². The van der Waals surface area contributed by atoms with Crippen molar-refractivity contribution in [1.82, 2.24) is 10.2 Å². The van der Waals surface area contributed by atoms with E-state index in [-0.39, 0.29) is 12.0 Å². The second kappa shape index (κ2) is 9.04. The molecule has 1 atom stereocenters. The first kappa shape index (κ1) is 21.0. The molecule has 0 bridgehead atoms. The molecule has 0 saturated heterocycles. The molecule has 6 nitrogen and oxygen atoms in total. The molecule has 2 amide bonds. The van der Waals surface area contributed by atoms with Gasteiger partial charge in [-0.3, -0.25) is 4.90 Å². The Kier molecular flexibility index (Phi) is 7.02. The van der Waals surface area contributed by atoms with Crippen molar-refractivity contribution in [2.45, 2.75) is 52.7 Å². The van der Waals surface area contributed by atoms with Gasteiger partial charge in [-0.15, -0.1) is 0 Å². The highest BCUT2D eigenvalue weighted by atomic mass is 16.5. The predicted molar refractivity (Wildman–Crippen MR) is 105 cm³/mol. The number of carbonyl (C=O) groups excluding carboxylic acids is 2. The number of quaternary nitrogens is 1. The Morgan fingerprint density at radius 1 is 1.19 bits per heavy atom. The molecule has 0 unspecified atom stereocenters. The largest absolute Gasteiger partial charge is 0.463 e. The zero-order chi connectivity index (χ0) is 20.1. The Morgan fingerprint density at radius 3 is 2.30 bits per heavy atom. The minimum Gasteiger partial charge on any atom is -0.463 e. The van der Waals surface area contributed by atoms with E-state index < -0.39 is 6.04 Å². The number of likely N-dealkylation sites (N-methyl/N-ethyl adjacent to an activating group) is 1. The van der Waals surface area contributed by atoms with Gasteiger partial charge in [0.1, 0.15) is 6.54 Å². The quantitative estimate of drug-likeness (QED) is 0.717. The van der Waals surface area contributed by atoms with Crippen LogP contribution in [0.15, 0.2) is 41.6 Å². The second-order valence-electron chi connectivity index (χ2n) is 7.49. The number of rotatable bonds is 7. The molecule has 1 heterocycles. The van der Waals surface area contributed by atoms with Gasteiger partial charge in [0.2, 0.25) is 0 Å². The van der Waals surface area contributed by atoms with E-state index in [2.05, 4.69) is 33.0 Å². The fourth-order valence-electron chi connectivity index (χ4n) is 3.58. The van der Waals surface area contributed by atoms with Crippen molar-refractivity contribution in [2.24, 2.45) is 0 Å². The molecular formula is C21H32N3O3+. The molecule has 0 fully saturated rings. The first-order chi connectivity index (χ1) is 12.8. The summed E-state index contributed by atoms with van der Waals surface area (Å²) >= 11 is 0. The SMILES string of the molecule is CCOC(=O)C1=C(C[NH+](C(C)C)C(C)C)N(C)C(=O)N[C@H]1c1ccccc1. The Labute approximate surface area is 162 Å². The lowest BCUT2D eigenvalue weighted by Crippen LogP contribution is -3.18. The third-order valence-corrected chi connectivity index (χ3v) is 5.06. The topological polar surface area (TPSA) is 63.1 Å². The molecule has 1 aromatic rings. The highest BCUT2D eigenvalue weighted by Gasteiger charge is 2.38. The first-order valence-corrected chi connectivity index (χ1v) is 9.62. The average Bonchev–Trinajstić information content (AvgIpc) is 2.62. The maximum Gasteiger partial charge on any atom is 0.338 e. The molecule has 2 N–H and O–H groups in total. The molecule has 0 aromatic heterocycles. The van der Waals surface area contributed by atoms with E-state index >= 15 is 0 Å². The van der Waals surface area contributed by atoms with E-state index in [4.69, 9.17) is 4.74 Å². The van der Waals surface area contributed by atoms with Crippen LogP contribution in [0, 0.1) is 0 Å². The second-order valence-corrected chi connectivity index (χ2v) is 7.49. The average molecular weight is 375 g/mol. The van der Waals surface area contributed by atoms with Crippen molar-refractivity contribution in [3.8, 4) is 0 Å². The van der Waals surface area contributed by atoms with Crippen LogP contribution in [0.25, 0.3) is 0 Å². The number of nitrogens with zero attached hydrogens (tertiary/aromatic N) is 1. The zero-order valence-electron chi connectivity index (χ0n) is 17.2. The Balaban J connectivity index is 2.59. The number of amides is 2. The van der Waals surface area contributed by atoms with Gasteiger partial charge in [-0.25, -0.2) is 9.59 Å². The molecule has 6 heteroatoms. The summed E-state index contributed by atoms with van der Waals surface area (Å²) in [6.07, 6.45) is 0. The van der Waals surface area contributed by atoms with Gasteiger partial charge in [0, 0.05) is 7.05 Å². The molecule has 0 spiro atoms. The van der Waals surface area contributed by atoms with Crippen molar-refractivity contribution < 1.29 is 19.2 Å². The third-order valence-electron chi connectivity index (χ3n) is 5.06. The summed E-state index contributed by atoms with van der Waals surface area (Å²) in [7, 11) is 1.71. The molecular weight excluding hydrogens is 342 g/mol. The number of esters is 1. The molecule has 2 rings (SSSR count). The minimum absolute atomic E-state index is 0.209. The molecule has 1 aromatic carbocycles. The summed E-state index contributed by atoms with van der Waals surface area (Å²) in [5.41, 5.74) is 2.11. The fraction of sp³-hybridized carbons (Fsp3) is 0.524. The molecule has 1 aliphatic heterocycles. The van der Waals surface area contributed by atoms with Gasteiger partial charge >= 0.3 is 12.0 Å². The van der Waals surface area contributed by atoms with Gasteiger partial charge in [-0.2, -0.15) is 0 Å². The smallest absolute Gasteiger partial charge is 0.338 e. The van der Waals surface area contributed by atoms with Crippen LogP contribution in [0.4, 0.5) is 4.79 Å². The van der Waals surface area contributed by atoms with E-state index in [9.17, 15) is 9.59 Å². The van der Waals surface area contributed by atoms with Gasteiger partial charge in [0.25, 0.3) is 0 Å². The maximum atomic E-state index is 12.9. The van der Waals surface area contributed by atoms with Crippen LogP contribution in [0.3, 0.4) is 0 Å². The summed E-state index contributed by atoms with van der Waals surface area (Å²) < 4.78 is 5.37. The van der Waals surface area contributed by atoms with E-state index in [1.54, 1.807) is 18.9 Å². The summed E-state index contributed by atoms with van der Waals surface area (Å²) in [6.45, 7) is 11.3. The van der Waals surface area contributed by atoms with Gasteiger partial charge in [0.05, 0.1) is 36.0 Å². The Morgan fingerprint density at radius 2 is 1.78 bits per heavy atom. The van der Waals surface area contributed by atoms with Gasteiger partial charge in [0.15, 0.2) is 0 Å². The highest BCUT2D eigenvalue weighted by Crippen LogP contribution is 2.30. The number of urea groups is 1. The summed E-state index contributed by atoms with van der Waals surface area (Å²) in [5.74, 6) is -0.375. The minimum atomic E-state index is -0.510. The van der Waals surface area contributed by atoms with Crippen LogP contribution in [0.5, 0.6) is 0 Å². The highest BCUT2D eigenvalue weighted by molar-refractivity contribution is 5.95. The normalized spacial score (nSPS) is 17.7. The fourth-order valence-corrected chi connectivity index (χ4v) is 3.58. The van der Waals surface area contributed by atoms with Crippen molar-refractivity contribution in [3.05, 3.63) is 47.2 Å². The van der Waals surface area contributed by atoms with Crippen molar-refractivity contribution in [2.75, 3.05) is 20.2 Å². The first-order valence-electron chi connectivity index (χ1n) is 9.62. The number of benzene rings is 1. The summed E-state index contributed by atoms with van der Waals surface area (Å²) in [4.78, 5) is 28.4. The molecule has 1 aliphatic rings. The molecule has 0 aliphatic carbocycles. The van der Waals surface area contributed by atoms with E-state index in [1.165, 1.54) is 4.90 Å². The van der Waals surface area contributed by atoms with Gasteiger partial charge in [-0.1, -0.05) is 30.3 Å². The number of hydrogen-bond acceptors (Lipinski definition) is 3. The summed E-state index contributed by atoms with van der Waals surface area (Å²) in [6, 6.07) is 9.56. The van der Waals surface area contributed by atoms with Gasteiger partial charge < -0.3 is 15.0 Å². The third kappa shape index (κ3) is 4.69. The van der Waals surface area contributed by atoms with Crippen LogP contribution < -0.4 is 10.2 Å². The molecule has 148 valence electrons. The van der Waals surface area contributed by atoms with Crippen molar-refractivity contribution in [1.29, 1.82) is 0 Å². The number of nitrogens with one attached hydrogen (secondary N) is 2. The summed E-state index contributed by atoms with van der Waals surface area (Å²) in [5, 5.41) is 2.95. The van der Waals surface area contributed by atoms with E-state index in [1.807, 2.05) is 30.3 Å². The van der Waals surface area contributed by atoms with Crippen molar-refractivity contribution >= 4 is 12.0 Å². The van der Waals surface area contributed by atoms with Gasteiger partial charge in [-0.05, 0) is 40.2 Å². The van der Waals surface area contributed by atoms with Crippen LogP contribution in [-0.4, -0.2) is 49.2 Å². The lowest BCUT2D eigenvalue weighted by molar-refractivity contribution is -0.938. The molecule has 0 saturated carbocycles. The monoisotopic (exact) mass is 374 g/mol. The molecule has 0 radical (unpaired) electrons. The van der Waals surface area contributed by atoms with E-state index in [0.717, 1.165) is 11.3 Å². The Bertz CT molecular complexity index is 690. The van der Waals surface area contributed by atoms with Crippen LogP contribution in [-0.2, 0) is 9.53 Å².